The smallest absolute Gasteiger partial charge is 0.348 e. The number of hydrogen-bond donors (Lipinski definition) is 3. The van der Waals surface area contributed by atoms with E-state index >= 15 is 0 Å². The molecule has 1 aliphatic heterocycles. The number of rotatable bonds is 19. The van der Waals surface area contributed by atoms with Crippen LogP contribution in [0.25, 0.3) is 0 Å². The van der Waals surface area contributed by atoms with Crippen LogP contribution < -0.4 is 5.32 Å². The largest absolute Gasteiger partial charge is 0.354 e. The molecule has 32 heavy (non-hydrogen) atoms. The Morgan fingerprint density at radius 2 is 1.31 bits per heavy atom. The van der Waals surface area contributed by atoms with Crippen molar-refractivity contribution in [3.8, 4) is 0 Å². The van der Waals surface area contributed by atoms with Crippen molar-refractivity contribution in [3.05, 3.63) is 24.0 Å². The lowest BCUT2D eigenvalue weighted by molar-refractivity contribution is -0.137. The summed E-state index contributed by atoms with van der Waals surface area (Å²) in [6.07, 6.45) is 18.9. The van der Waals surface area contributed by atoms with Crippen LogP contribution in [0, 0.1) is 0 Å². The van der Waals surface area contributed by atoms with Gasteiger partial charge in [0.15, 0.2) is 0 Å². The molecule has 8 nitrogen and oxygen atoms in total. The fourth-order valence-electron chi connectivity index (χ4n) is 3.57. The number of unbranched alkanes of at least 4 members (excludes halogenated alkanes) is 12. The summed E-state index contributed by atoms with van der Waals surface area (Å²) in [4.78, 5) is 53.1. The molecule has 0 radical (unpaired) electrons. The molecule has 1 rings (SSSR count). The molecule has 0 saturated heterocycles. The number of nitrogens with one attached hydrogen (secondary N) is 1. The van der Waals surface area contributed by atoms with Gasteiger partial charge in [-0.05, 0) is 19.3 Å². The minimum Gasteiger partial charge on any atom is -0.354 e. The standard InChI is InChI=1S/C23H39N2O6P/c26-21(24-18-19-25-22(27)16-17-23(25)28)15-13-11-9-7-5-3-1-2-4-6-8-10-12-14-20-32(29,30)31/h14,16-17,20H,1-13,15,18-19H2,(H,24,26)(H2,29,30,31)/b20-14+. The Kier molecular flexibility index (Phi) is 14.9. The number of allylic oxidation sites excluding steroid dienone is 1. The van der Waals surface area contributed by atoms with Crippen molar-refractivity contribution >= 4 is 25.3 Å². The molecule has 9 heteroatoms. The van der Waals surface area contributed by atoms with Gasteiger partial charge >= 0.3 is 7.60 Å². The van der Waals surface area contributed by atoms with Crippen LogP contribution in [0.1, 0.15) is 89.9 Å². The van der Waals surface area contributed by atoms with Crippen LogP contribution in [-0.4, -0.2) is 45.5 Å². The Hall–Kier alpha value is -1.76. The summed E-state index contributed by atoms with van der Waals surface area (Å²) in [5.74, 6) is 0.311. The van der Waals surface area contributed by atoms with E-state index in [1.165, 1.54) is 57.1 Å². The second-order valence-corrected chi connectivity index (χ2v) is 9.74. The Bertz CT molecular complexity index is 668. The van der Waals surface area contributed by atoms with Gasteiger partial charge in [-0.2, -0.15) is 0 Å². The lowest BCUT2D eigenvalue weighted by Crippen LogP contribution is -2.38. The maximum atomic E-state index is 11.8. The highest BCUT2D eigenvalue weighted by molar-refractivity contribution is 7.55. The highest BCUT2D eigenvalue weighted by Gasteiger charge is 2.22. The molecule has 3 N–H and O–H groups in total. The minimum atomic E-state index is -3.99. The van der Waals surface area contributed by atoms with E-state index in [0.29, 0.717) is 13.0 Å². The third-order valence-corrected chi connectivity index (χ3v) is 5.98. The molecule has 0 aromatic heterocycles. The van der Waals surface area contributed by atoms with E-state index in [4.69, 9.17) is 9.79 Å². The molecule has 3 amide bonds. The maximum Gasteiger partial charge on any atom is 0.348 e. The number of carbonyl (C=O) groups excluding carboxylic acids is 3. The summed E-state index contributed by atoms with van der Waals surface area (Å²) >= 11 is 0. The van der Waals surface area contributed by atoms with Crippen LogP contribution >= 0.6 is 7.60 Å². The van der Waals surface area contributed by atoms with Crippen molar-refractivity contribution in [1.82, 2.24) is 10.2 Å². The van der Waals surface area contributed by atoms with Gasteiger partial charge in [0.2, 0.25) is 5.91 Å². The number of nitrogens with zero attached hydrogens (tertiary/aromatic N) is 1. The van der Waals surface area contributed by atoms with Gasteiger partial charge in [0.05, 0.1) is 0 Å². The average Bonchev–Trinajstić information content (AvgIpc) is 3.04. The molecule has 1 aliphatic rings. The molecule has 0 aromatic rings. The van der Waals surface area contributed by atoms with E-state index in [1.807, 2.05) is 0 Å². The molecular formula is C23H39N2O6P. The first-order valence-electron chi connectivity index (χ1n) is 11.8. The van der Waals surface area contributed by atoms with Crippen molar-refractivity contribution in [1.29, 1.82) is 0 Å². The lowest BCUT2D eigenvalue weighted by atomic mass is 10.0. The highest BCUT2D eigenvalue weighted by atomic mass is 31.2. The monoisotopic (exact) mass is 470 g/mol. The number of hydrogen-bond acceptors (Lipinski definition) is 4. The summed E-state index contributed by atoms with van der Waals surface area (Å²) in [6.45, 7) is 0.513. The van der Waals surface area contributed by atoms with E-state index < -0.39 is 7.60 Å². The zero-order valence-electron chi connectivity index (χ0n) is 19.0. The second kappa shape index (κ2) is 16.8. The minimum absolute atomic E-state index is 0.0325. The van der Waals surface area contributed by atoms with Gasteiger partial charge in [0.25, 0.3) is 11.8 Å². The molecule has 0 saturated carbocycles. The fourth-order valence-corrected chi connectivity index (χ4v) is 4.00. The third kappa shape index (κ3) is 15.1. The predicted octanol–water partition coefficient (Wildman–Crippen LogP) is 4.18. The van der Waals surface area contributed by atoms with Crippen LogP contribution in [0.4, 0.5) is 0 Å². The normalized spacial score (nSPS) is 14.1. The Labute approximate surface area is 191 Å². The van der Waals surface area contributed by atoms with Crippen molar-refractivity contribution in [3.63, 3.8) is 0 Å². The first kappa shape index (κ1) is 28.3. The van der Waals surface area contributed by atoms with Crippen LogP contribution in [0.3, 0.4) is 0 Å². The Balaban J connectivity index is 1.80. The van der Waals surface area contributed by atoms with Gasteiger partial charge in [-0.3, -0.25) is 23.8 Å². The van der Waals surface area contributed by atoms with E-state index in [2.05, 4.69) is 5.32 Å². The topological polar surface area (TPSA) is 124 Å². The fraction of sp³-hybridized carbons (Fsp3) is 0.696. The van der Waals surface area contributed by atoms with Crippen LogP contribution in [0.5, 0.6) is 0 Å². The van der Waals surface area contributed by atoms with Gasteiger partial charge < -0.3 is 15.1 Å². The van der Waals surface area contributed by atoms with Gasteiger partial charge in [-0.25, -0.2) is 0 Å². The maximum absolute atomic E-state index is 11.8. The van der Waals surface area contributed by atoms with Gasteiger partial charge in [-0.1, -0.05) is 70.3 Å². The van der Waals surface area contributed by atoms with E-state index in [1.54, 1.807) is 6.08 Å². The summed E-state index contributed by atoms with van der Waals surface area (Å²) in [6, 6.07) is 0. The quantitative estimate of drug-likeness (QED) is 0.148. The number of amides is 3. The van der Waals surface area contributed by atoms with Crippen LogP contribution in [0.2, 0.25) is 0 Å². The molecule has 0 unspecified atom stereocenters. The summed E-state index contributed by atoms with van der Waals surface area (Å²) < 4.78 is 10.7. The first-order valence-corrected chi connectivity index (χ1v) is 13.5. The number of imide groups is 1. The molecule has 0 aliphatic carbocycles. The number of carbonyl (C=O) groups is 3. The predicted molar refractivity (Wildman–Crippen MR) is 125 cm³/mol. The van der Waals surface area contributed by atoms with Crippen molar-refractivity contribution in [2.45, 2.75) is 89.9 Å². The van der Waals surface area contributed by atoms with Gasteiger partial charge in [-0.15, -0.1) is 0 Å². The van der Waals surface area contributed by atoms with Crippen LogP contribution in [0.15, 0.2) is 24.0 Å². The van der Waals surface area contributed by atoms with Crippen molar-refractivity contribution < 1.29 is 28.7 Å². The van der Waals surface area contributed by atoms with Crippen molar-refractivity contribution in [2.24, 2.45) is 0 Å². The molecule has 0 fully saturated rings. The summed E-state index contributed by atoms with van der Waals surface area (Å²) in [5, 5.41) is 2.76. The van der Waals surface area contributed by atoms with E-state index in [0.717, 1.165) is 49.2 Å². The van der Waals surface area contributed by atoms with Crippen molar-refractivity contribution in [2.75, 3.05) is 13.1 Å². The average molecular weight is 471 g/mol. The highest BCUT2D eigenvalue weighted by Crippen LogP contribution is 2.36. The van der Waals surface area contributed by atoms with E-state index in [-0.39, 0.29) is 24.3 Å². The molecular weight excluding hydrogens is 431 g/mol. The third-order valence-electron chi connectivity index (χ3n) is 5.38. The summed E-state index contributed by atoms with van der Waals surface area (Å²) in [7, 11) is -3.99. The SMILES string of the molecule is O=C(CCCCCCCCCCCCCC/C=C/P(=O)(O)O)NCCN1C(=O)C=CC1=O. The molecule has 0 bridgehead atoms. The molecule has 0 spiro atoms. The Morgan fingerprint density at radius 1 is 0.844 bits per heavy atom. The zero-order chi connectivity index (χ0) is 23.7. The van der Waals surface area contributed by atoms with Crippen LogP contribution in [-0.2, 0) is 18.9 Å². The van der Waals surface area contributed by atoms with Gasteiger partial charge in [0, 0.05) is 37.5 Å². The Morgan fingerprint density at radius 3 is 1.81 bits per heavy atom. The van der Waals surface area contributed by atoms with E-state index in [9.17, 15) is 18.9 Å². The molecule has 0 atom stereocenters. The first-order chi connectivity index (χ1) is 15.3. The lowest BCUT2D eigenvalue weighted by Gasteiger charge is -2.13. The van der Waals surface area contributed by atoms with Gasteiger partial charge in [0.1, 0.15) is 0 Å². The summed E-state index contributed by atoms with van der Waals surface area (Å²) in [5.41, 5.74) is 0. The molecule has 182 valence electrons. The second-order valence-electron chi connectivity index (χ2n) is 8.27. The zero-order valence-corrected chi connectivity index (χ0v) is 19.9. The molecule has 0 aromatic carbocycles. The molecule has 1 heterocycles.